The first-order valence-corrected chi connectivity index (χ1v) is 12.5. The summed E-state index contributed by atoms with van der Waals surface area (Å²) in [6.07, 6.45) is -0.339. The lowest BCUT2D eigenvalue weighted by molar-refractivity contribution is -0.152. The number of halogens is 1. The third-order valence-corrected chi connectivity index (χ3v) is 6.14. The zero-order chi connectivity index (χ0) is 27.0. The second kappa shape index (κ2) is 13.0. The van der Waals surface area contributed by atoms with Crippen molar-refractivity contribution in [3.8, 4) is 0 Å². The fourth-order valence-corrected chi connectivity index (χ4v) is 4.44. The van der Waals surface area contributed by atoms with E-state index in [-0.39, 0.29) is 43.8 Å². The second-order valence-corrected chi connectivity index (χ2v) is 10.8. The van der Waals surface area contributed by atoms with Gasteiger partial charge in [0.15, 0.2) is 0 Å². The number of carbonyl (C=O) groups is 3. The Morgan fingerprint density at radius 2 is 1.81 bits per heavy atom. The summed E-state index contributed by atoms with van der Waals surface area (Å²) in [6.45, 7) is 10.2. The van der Waals surface area contributed by atoms with Crippen LogP contribution >= 0.6 is 0 Å². The number of ether oxygens (including phenoxy) is 1. The van der Waals surface area contributed by atoms with E-state index in [1.54, 1.807) is 42.7 Å². The molecule has 3 atom stereocenters. The van der Waals surface area contributed by atoms with Gasteiger partial charge in [-0.15, -0.1) is 0 Å². The van der Waals surface area contributed by atoms with E-state index in [2.05, 4.69) is 0 Å². The summed E-state index contributed by atoms with van der Waals surface area (Å²) in [5, 5.41) is 19.6. The molecule has 0 aliphatic carbocycles. The standard InChI is InChI=1S/C26H40FN3O6/c1-17(2)15-20-16-29(13-14-30(20)25(34)36-26(3,4)5)24(33)21(22(31)23(32)28-35)8-6-7-18-9-11-19(27)12-10-18/h9-12,17,20-22,31,35H,6-8,13-16H2,1-5H3,(H,28,32)/t20-,21+,22-/m0/s1. The highest BCUT2D eigenvalue weighted by Crippen LogP contribution is 2.24. The average molecular weight is 510 g/mol. The first kappa shape index (κ1) is 29.5. The van der Waals surface area contributed by atoms with Crippen molar-refractivity contribution in [2.24, 2.45) is 11.8 Å². The van der Waals surface area contributed by atoms with Crippen molar-refractivity contribution in [2.45, 2.75) is 78.0 Å². The molecule has 10 heteroatoms. The van der Waals surface area contributed by atoms with Gasteiger partial charge in [0.2, 0.25) is 5.91 Å². The van der Waals surface area contributed by atoms with Crippen LogP contribution in [0.5, 0.6) is 0 Å². The summed E-state index contributed by atoms with van der Waals surface area (Å²) in [7, 11) is 0. The van der Waals surface area contributed by atoms with Gasteiger partial charge in [-0.3, -0.25) is 14.8 Å². The van der Waals surface area contributed by atoms with Crippen molar-refractivity contribution in [1.29, 1.82) is 0 Å². The van der Waals surface area contributed by atoms with Crippen LogP contribution < -0.4 is 5.48 Å². The molecule has 1 aliphatic rings. The number of nitrogens with zero attached hydrogens (tertiary/aromatic N) is 2. The molecule has 202 valence electrons. The van der Waals surface area contributed by atoms with Crippen molar-refractivity contribution in [3.05, 3.63) is 35.6 Å². The van der Waals surface area contributed by atoms with Crippen LogP contribution in [0.1, 0.15) is 59.4 Å². The third-order valence-electron chi connectivity index (χ3n) is 6.14. The van der Waals surface area contributed by atoms with E-state index in [0.717, 1.165) is 5.56 Å². The Kier molecular flexibility index (Phi) is 10.7. The molecule has 1 aromatic rings. The Bertz CT molecular complexity index is 887. The van der Waals surface area contributed by atoms with Gasteiger partial charge in [-0.05, 0) is 70.1 Å². The molecule has 3 N–H and O–H groups in total. The monoisotopic (exact) mass is 509 g/mol. The quantitative estimate of drug-likeness (QED) is 0.348. The largest absolute Gasteiger partial charge is 0.444 e. The molecule has 0 spiro atoms. The number of nitrogens with one attached hydrogen (secondary N) is 1. The number of hydrogen-bond donors (Lipinski definition) is 3. The van der Waals surface area contributed by atoms with Crippen LogP contribution in [0.4, 0.5) is 9.18 Å². The van der Waals surface area contributed by atoms with E-state index in [1.807, 2.05) is 13.8 Å². The molecule has 36 heavy (non-hydrogen) atoms. The van der Waals surface area contributed by atoms with E-state index >= 15 is 0 Å². The van der Waals surface area contributed by atoms with Crippen LogP contribution in [0.15, 0.2) is 24.3 Å². The van der Waals surface area contributed by atoms with Gasteiger partial charge in [0.25, 0.3) is 5.91 Å². The highest BCUT2D eigenvalue weighted by atomic mass is 19.1. The molecule has 1 aromatic carbocycles. The van der Waals surface area contributed by atoms with Crippen molar-refractivity contribution in [2.75, 3.05) is 19.6 Å². The molecular weight excluding hydrogens is 469 g/mol. The lowest BCUT2D eigenvalue weighted by Crippen LogP contribution is -2.59. The van der Waals surface area contributed by atoms with Crippen LogP contribution in [0.25, 0.3) is 0 Å². The Labute approximate surface area is 212 Å². The van der Waals surface area contributed by atoms with E-state index in [4.69, 9.17) is 9.94 Å². The summed E-state index contributed by atoms with van der Waals surface area (Å²) >= 11 is 0. The number of aliphatic hydroxyl groups excluding tert-OH is 1. The van der Waals surface area contributed by atoms with Crippen molar-refractivity contribution < 1.29 is 33.8 Å². The SMILES string of the molecule is CC(C)C[C@H]1CN(C(=O)[C@H](CCCc2ccc(F)cc2)[C@H](O)C(=O)NO)CCN1C(=O)OC(C)(C)C. The summed E-state index contributed by atoms with van der Waals surface area (Å²) in [5.41, 5.74) is 1.64. The number of aliphatic hydroxyl groups is 1. The van der Waals surface area contributed by atoms with Gasteiger partial charge < -0.3 is 19.6 Å². The van der Waals surface area contributed by atoms with E-state index < -0.39 is 35.5 Å². The van der Waals surface area contributed by atoms with Crippen LogP contribution in [0.3, 0.4) is 0 Å². The Hall–Kier alpha value is -2.72. The predicted octanol–water partition coefficient (Wildman–Crippen LogP) is 3.12. The molecular formula is C26H40FN3O6. The summed E-state index contributed by atoms with van der Waals surface area (Å²) in [4.78, 5) is 41.5. The minimum atomic E-state index is -1.73. The van der Waals surface area contributed by atoms with Gasteiger partial charge in [0.1, 0.15) is 17.5 Å². The molecule has 1 heterocycles. The zero-order valence-electron chi connectivity index (χ0n) is 21.9. The highest BCUT2D eigenvalue weighted by molar-refractivity contribution is 5.88. The van der Waals surface area contributed by atoms with Crippen LogP contribution in [0.2, 0.25) is 0 Å². The van der Waals surface area contributed by atoms with Gasteiger partial charge in [-0.1, -0.05) is 26.0 Å². The van der Waals surface area contributed by atoms with Gasteiger partial charge >= 0.3 is 6.09 Å². The van der Waals surface area contributed by atoms with Crippen LogP contribution in [0, 0.1) is 17.7 Å². The fraction of sp³-hybridized carbons (Fsp3) is 0.654. The number of hydroxylamine groups is 1. The zero-order valence-corrected chi connectivity index (χ0v) is 21.9. The van der Waals surface area contributed by atoms with Gasteiger partial charge in [-0.2, -0.15) is 0 Å². The number of carbonyl (C=O) groups excluding carboxylic acids is 3. The lowest BCUT2D eigenvalue weighted by Gasteiger charge is -2.43. The number of aryl methyl sites for hydroxylation is 1. The molecule has 0 saturated carbocycles. The van der Waals surface area contributed by atoms with Crippen LogP contribution in [-0.4, -0.2) is 75.4 Å². The number of hydrogen-bond acceptors (Lipinski definition) is 6. The van der Waals surface area contributed by atoms with Gasteiger partial charge in [0, 0.05) is 19.6 Å². The average Bonchev–Trinajstić information content (AvgIpc) is 2.80. The molecule has 0 aromatic heterocycles. The van der Waals surface area contributed by atoms with Crippen LogP contribution in [-0.2, 0) is 20.7 Å². The molecule has 2 rings (SSSR count). The molecule has 1 aliphatic heterocycles. The Morgan fingerprint density at radius 1 is 1.17 bits per heavy atom. The van der Waals surface area contributed by atoms with Crippen molar-refractivity contribution in [1.82, 2.24) is 15.3 Å². The lowest BCUT2D eigenvalue weighted by atomic mass is 9.91. The fourth-order valence-electron chi connectivity index (χ4n) is 4.44. The van der Waals surface area contributed by atoms with E-state index in [1.165, 1.54) is 17.6 Å². The summed E-state index contributed by atoms with van der Waals surface area (Å²) in [5.74, 6) is -2.63. The first-order chi connectivity index (χ1) is 16.8. The normalized spacial score (nSPS) is 18.1. The molecule has 3 amide bonds. The predicted molar refractivity (Wildman–Crippen MR) is 132 cm³/mol. The third kappa shape index (κ3) is 8.74. The molecule has 1 fully saturated rings. The highest BCUT2D eigenvalue weighted by Gasteiger charge is 2.40. The van der Waals surface area contributed by atoms with E-state index in [9.17, 15) is 23.9 Å². The van der Waals surface area contributed by atoms with Crippen molar-refractivity contribution in [3.63, 3.8) is 0 Å². The number of benzene rings is 1. The maximum absolute atomic E-state index is 13.5. The van der Waals surface area contributed by atoms with Crippen molar-refractivity contribution >= 4 is 17.9 Å². The summed E-state index contributed by atoms with van der Waals surface area (Å²) in [6, 6.07) is 5.72. The molecule has 9 nitrogen and oxygen atoms in total. The summed E-state index contributed by atoms with van der Waals surface area (Å²) < 4.78 is 18.7. The Balaban J connectivity index is 2.15. The van der Waals surface area contributed by atoms with E-state index in [0.29, 0.717) is 19.3 Å². The number of amides is 3. The molecule has 0 bridgehead atoms. The van der Waals surface area contributed by atoms with Gasteiger partial charge in [0.05, 0.1) is 12.0 Å². The maximum atomic E-state index is 13.5. The second-order valence-electron chi connectivity index (χ2n) is 10.8. The number of piperazine rings is 1. The minimum Gasteiger partial charge on any atom is -0.444 e. The maximum Gasteiger partial charge on any atom is 0.410 e. The first-order valence-electron chi connectivity index (χ1n) is 12.5. The topological polar surface area (TPSA) is 119 Å². The molecule has 1 saturated heterocycles. The smallest absolute Gasteiger partial charge is 0.410 e. The Morgan fingerprint density at radius 3 is 2.36 bits per heavy atom. The number of rotatable bonds is 9. The molecule has 0 radical (unpaired) electrons. The van der Waals surface area contributed by atoms with Gasteiger partial charge in [-0.25, -0.2) is 14.7 Å². The molecule has 0 unspecified atom stereocenters. The minimum absolute atomic E-state index is 0.186.